The van der Waals surface area contributed by atoms with Crippen molar-refractivity contribution in [1.82, 2.24) is 0 Å². The van der Waals surface area contributed by atoms with E-state index in [1.54, 1.807) is 6.07 Å². The molecule has 0 spiro atoms. The monoisotopic (exact) mass is 310 g/mol. The molecule has 2 rings (SSSR count). The minimum atomic E-state index is -0.683. The smallest absolute Gasteiger partial charge is 0.232 e. The van der Waals surface area contributed by atoms with Crippen LogP contribution in [0.4, 0.5) is 10.1 Å². The maximum Gasteiger partial charge on any atom is 0.232 e. The van der Waals surface area contributed by atoms with E-state index in [0.29, 0.717) is 31.8 Å². The van der Waals surface area contributed by atoms with Crippen molar-refractivity contribution in [2.45, 2.75) is 32.8 Å². The van der Waals surface area contributed by atoms with Crippen LogP contribution in [0.15, 0.2) is 18.2 Å². The lowest BCUT2D eigenvalue weighted by atomic mass is 9.79. The number of ether oxygens (including phenoxy) is 2. The Kier molecular flexibility index (Phi) is 5.37. The van der Waals surface area contributed by atoms with Gasteiger partial charge < -0.3 is 20.5 Å². The zero-order valence-electron chi connectivity index (χ0n) is 13.0. The number of hydrogen-bond acceptors (Lipinski definition) is 4. The number of benzene rings is 1. The van der Waals surface area contributed by atoms with Gasteiger partial charge in [0.05, 0.1) is 17.2 Å². The van der Waals surface area contributed by atoms with Gasteiger partial charge in [-0.3, -0.25) is 4.79 Å². The Morgan fingerprint density at radius 1 is 1.45 bits per heavy atom. The number of carbonyl (C=O) groups is 1. The van der Waals surface area contributed by atoms with Crippen LogP contribution in [0.1, 0.15) is 26.7 Å². The van der Waals surface area contributed by atoms with Gasteiger partial charge >= 0.3 is 0 Å². The zero-order valence-corrected chi connectivity index (χ0v) is 13.0. The SMILES string of the molecule is CC(C)Oc1ccc(NC(=O)C2(CN)CCOCC2)c(F)c1. The van der Waals surface area contributed by atoms with E-state index in [1.165, 1.54) is 12.1 Å². The molecule has 5 nitrogen and oxygen atoms in total. The van der Waals surface area contributed by atoms with E-state index in [1.807, 2.05) is 13.8 Å². The summed E-state index contributed by atoms with van der Waals surface area (Å²) in [6, 6.07) is 4.42. The van der Waals surface area contributed by atoms with Crippen LogP contribution in [0.5, 0.6) is 5.75 Å². The van der Waals surface area contributed by atoms with Crippen molar-refractivity contribution in [2.75, 3.05) is 25.1 Å². The first kappa shape index (κ1) is 16.7. The highest BCUT2D eigenvalue weighted by atomic mass is 19.1. The highest BCUT2D eigenvalue weighted by Gasteiger charge is 2.39. The molecule has 0 aliphatic carbocycles. The summed E-state index contributed by atoms with van der Waals surface area (Å²) in [5.74, 6) is -0.342. The highest BCUT2D eigenvalue weighted by molar-refractivity contribution is 5.95. The van der Waals surface area contributed by atoms with Crippen LogP contribution in [-0.2, 0) is 9.53 Å². The predicted molar refractivity (Wildman–Crippen MR) is 82.3 cm³/mol. The van der Waals surface area contributed by atoms with Gasteiger partial charge in [-0.2, -0.15) is 0 Å². The van der Waals surface area contributed by atoms with Crippen LogP contribution in [0, 0.1) is 11.2 Å². The molecule has 1 heterocycles. The van der Waals surface area contributed by atoms with Crippen LogP contribution < -0.4 is 15.8 Å². The molecule has 1 aromatic carbocycles. The molecule has 0 unspecified atom stereocenters. The van der Waals surface area contributed by atoms with Gasteiger partial charge in [-0.15, -0.1) is 0 Å². The number of amides is 1. The average molecular weight is 310 g/mol. The lowest BCUT2D eigenvalue weighted by molar-refractivity contribution is -0.130. The summed E-state index contributed by atoms with van der Waals surface area (Å²) in [6.07, 6.45) is 1.05. The van der Waals surface area contributed by atoms with Crippen molar-refractivity contribution in [3.8, 4) is 5.75 Å². The molecule has 6 heteroatoms. The first-order valence-corrected chi connectivity index (χ1v) is 7.52. The van der Waals surface area contributed by atoms with Crippen molar-refractivity contribution in [3.63, 3.8) is 0 Å². The number of nitrogens with one attached hydrogen (secondary N) is 1. The first-order chi connectivity index (χ1) is 10.5. The molecular weight excluding hydrogens is 287 g/mol. The lowest BCUT2D eigenvalue weighted by Crippen LogP contribution is -2.46. The third-order valence-corrected chi connectivity index (χ3v) is 3.88. The number of rotatable bonds is 5. The molecular formula is C16H23FN2O3. The van der Waals surface area contributed by atoms with E-state index in [2.05, 4.69) is 5.32 Å². The van der Waals surface area contributed by atoms with Crippen LogP contribution in [-0.4, -0.2) is 31.8 Å². The Hall–Kier alpha value is -1.66. The summed E-state index contributed by atoms with van der Waals surface area (Å²) in [5, 5.41) is 2.65. The molecule has 1 saturated heterocycles. The number of hydrogen-bond donors (Lipinski definition) is 2. The van der Waals surface area contributed by atoms with Gasteiger partial charge in [-0.1, -0.05) is 0 Å². The molecule has 0 bridgehead atoms. The molecule has 1 amide bonds. The summed E-state index contributed by atoms with van der Waals surface area (Å²) in [6.45, 7) is 4.94. The van der Waals surface area contributed by atoms with Gasteiger partial charge in [0, 0.05) is 25.8 Å². The van der Waals surface area contributed by atoms with Gasteiger partial charge in [0.25, 0.3) is 0 Å². The van der Waals surface area contributed by atoms with Gasteiger partial charge in [0.15, 0.2) is 0 Å². The van der Waals surface area contributed by atoms with Gasteiger partial charge in [0.2, 0.25) is 5.91 Å². The fourth-order valence-corrected chi connectivity index (χ4v) is 2.48. The minimum Gasteiger partial charge on any atom is -0.491 e. The Labute approximate surface area is 130 Å². The Morgan fingerprint density at radius 3 is 2.68 bits per heavy atom. The normalized spacial score (nSPS) is 17.3. The number of carbonyl (C=O) groups excluding carboxylic acids is 1. The van der Waals surface area contributed by atoms with Crippen molar-refractivity contribution < 1.29 is 18.7 Å². The third kappa shape index (κ3) is 3.75. The molecule has 0 aromatic heterocycles. The van der Waals surface area contributed by atoms with Crippen LogP contribution in [0.2, 0.25) is 0 Å². The maximum absolute atomic E-state index is 14.1. The Bertz CT molecular complexity index is 528. The molecule has 1 aliphatic rings. The average Bonchev–Trinajstić information content (AvgIpc) is 2.50. The standard InChI is InChI=1S/C16H23FN2O3/c1-11(2)22-12-3-4-14(13(17)9-12)19-15(20)16(10-18)5-7-21-8-6-16/h3-4,9,11H,5-8,10,18H2,1-2H3,(H,19,20). The van der Waals surface area contributed by atoms with Crippen LogP contribution in [0.3, 0.4) is 0 Å². The molecule has 0 radical (unpaired) electrons. The van der Waals surface area contributed by atoms with Gasteiger partial charge in [0.1, 0.15) is 11.6 Å². The number of nitrogens with two attached hydrogens (primary N) is 1. The topological polar surface area (TPSA) is 73.6 Å². The molecule has 122 valence electrons. The minimum absolute atomic E-state index is 0.0393. The van der Waals surface area contributed by atoms with E-state index in [0.717, 1.165) is 0 Å². The molecule has 0 atom stereocenters. The van der Waals surface area contributed by atoms with Crippen molar-refractivity contribution in [3.05, 3.63) is 24.0 Å². The summed E-state index contributed by atoms with van der Waals surface area (Å²) >= 11 is 0. The first-order valence-electron chi connectivity index (χ1n) is 7.52. The van der Waals surface area contributed by atoms with Crippen LogP contribution in [0.25, 0.3) is 0 Å². The maximum atomic E-state index is 14.1. The van der Waals surface area contributed by atoms with Crippen molar-refractivity contribution in [1.29, 1.82) is 0 Å². The molecule has 0 saturated carbocycles. The summed E-state index contributed by atoms with van der Waals surface area (Å²) < 4.78 is 24.8. The Balaban J connectivity index is 2.10. The van der Waals surface area contributed by atoms with E-state index in [4.69, 9.17) is 15.2 Å². The Morgan fingerprint density at radius 2 is 2.14 bits per heavy atom. The molecule has 1 aliphatic heterocycles. The molecule has 1 fully saturated rings. The van der Waals surface area contributed by atoms with E-state index in [-0.39, 0.29) is 24.2 Å². The zero-order chi connectivity index (χ0) is 16.2. The quantitative estimate of drug-likeness (QED) is 0.875. The second-order valence-electron chi connectivity index (χ2n) is 5.86. The molecule has 1 aromatic rings. The summed E-state index contributed by atoms with van der Waals surface area (Å²) in [4.78, 5) is 12.5. The summed E-state index contributed by atoms with van der Waals surface area (Å²) in [7, 11) is 0. The van der Waals surface area contributed by atoms with E-state index in [9.17, 15) is 9.18 Å². The number of anilines is 1. The van der Waals surface area contributed by atoms with Crippen LogP contribution >= 0.6 is 0 Å². The van der Waals surface area contributed by atoms with Gasteiger partial charge in [-0.05, 0) is 38.8 Å². The highest BCUT2D eigenvalue weighted by Crippen LogP contribution is 2.31. The van der Waals surface area contributed by atoms with Crippen molar-refractivity contribution >= 4 is 11.6 Å². The third-order valence-electron chi connectivity index (χ3n) is 3.88. The van der Waals surface area contributed by atoms with E-state index < -0.39 is 11.2 Å². The fourth-order valence-electron chi connectivity index (χ4n) is 2.48. The lowest BCUT2D eigenvalue weighted by Gasteiger charge is -2.34. The second-order valence-corrected chi connectivity index (χ2v) is 5.86. The molecule has 22 heavy (non-hydrogen) atoms. The largest absolute Gasteiger partial charge is 0.491 e. The van der Waals surface area contributed by atoms with E-state index >= 15 is 0 Å². The fraction of sp³-hybridized carbons (Fsp3) is 0.562. The van der Waals surface area contributed by atoms with Gasteiger partial charge in [-0.25, -0.2) is 4.39 Å². The molecule has 3 N–H and O–H groups in total. The predicted octanol–water partition coefficient (Wildman–Crippen LogP) is 2.31. The number of halogens is 1. The second kappa shape index (κ2) is 7.07. The summed E-state index contributed by atoms with van der Waals surface area (Å²) in [5.41, 5.74) is 5.24. The van der Waals surface area contributed by atoms with Crippen molar-refractivity contribution in [2.24, 2.45) is 11.1 Å².